The third kappa shape index (κ3) is 2.80. The van der Waals surface area contributed by atoms with Gasteiger partial charge in [0.2, 0.25) is 10.0 Å². The van der Waals surface area contributed by atoms with E-state index in [1.54, 1.807) is 0 Å². The molecular formula is C11H15FN2O3S. The Bertz CT molecular complexity index is 527. The lowest BCUT2D eigenvalue weighted by atomic mass is 10.1. The number of hydrogen-bond donors (Lipinski definition) is 2. The maximum Gasteiger partial charge on any atom is 0.243 e. The van der Waals surface area contributed by atoms with Gasteiger partial charge < -0.3 is 10.5 Å². The fraction of sp³-hybridized carbons (Fsp3) is 0.455. The van der Waals surface area contributed by atoms with Crippen LogP contribution >= 0.6 is 0 Å². The SMILES string of the molecule is Nc1c(F)cccc1S(=O)(=O)NC1CCCOC1. The number of para-hydroxylation sites is 1. The molecule has 0 saturated carbocycles. The number of nitrogens with two attached hydrogens (primary N) is 1. The van der Waals surface area contributed by atoms with Crippen LogP contribution in [0.15, 0.2) is 23.1 Å². The second-order valence-corrected chi connectivity index (χ2v) is 5.87. The molecule has 0 radical (unpaired) electrons. The minimum absolute atomic E-state index is 0.229. The van der Waals surface area contributed by atoms with Crippen LogP contribution in [0.25, 0.3) is 0 Å². The van der Waals surface area contributed by atoms with Crippen LogP contribution in [0, 0.1) is 5.82 Å². The third-order valence-electron chi connectivity index (χ3n) is 2.78. The maximum atomic E-state index is 13.2. The van der Waals surface area contributed by atoms with Crippen LogP contribution in [0.5, 0.6) is 0 Å². The first-order valence-corrected chi connectivity index (χ1v) is 7.13. The van der Waals surface area contributed by atoms with Gasteiger partial charge in [0.15, 0.2) is 0 Å². The first kappa shape index (κ1) is 13.3. The van der Waals surface area contributed by atoms with Crippen LogP contribution in [0.3, 0.4) is 0 Å². The normalized spacial score (nSPS) is 20.8. The Labute approximate surface area is 105 Å². The average Bonchev–Trinajstić information content (AvgIpc) is 2.33. The molecule has 1 aromatic carbocycles. The van der Waals surface area contributed by atoms with E-state index in [0.717, 1.165) is 12.5 Å². The molecule has 1 atom stereocenters. The Kier molecular flexibility index (Phi) is 3.84. The van der Waals surface area contributed by atoms with Crippen LogP contribution in [0.2, 0.25) is 0 Å². The molecule has 1 unspecified atom stereocenters. The molecule has 2 rings (SSSR count). The van der Waals surface area contributed by atoms with Gasteiger partial charge in [0.1, 0.15) is 10.7 Å². The molecule has 18 heavy (non-hydrogen) atoms. The summed E-state index contributed by atoms with van der Waals surface area (Å²) < 4.78 is 45.0. The van der Waals surface area contributed by atoms with Gasteiger partial charge in [-0.15, -0.1) is 0 Å². The highest BCUT2D eigenvalue weighted by Gasteiger charge is 2.24. The summed E-state index contributed by atoms with van der Waals surface area (Å²) in [4.78, 5) is -0.229. The van der Waals surface area contributed by atoms with Gasteiger partial charge in [-0.25, -0.2) is 17.5 Å². The smallest absolute Gasteiger partial charge is 0.243 e. The Hall–Kier alpha value is -1.18. The summed E-state index contributed by atoms with van der Waals surface area (Å²) in [6, 6.07) is 3.44. The second kappa shape index (κ2) is 5.21. The Morgan fingerprint density at radius 2 is 2.22 bits per heavy atom. The summed E-state index contributed by atoms with van der Waals surface area (Å²) in [6.45, 7) is 0.967. The van der Waals surface area contributed by atoms with Crippen LogP contribution < -0.4 is 10.5 Å². The van der Waals surface area contributed by atoms with E-state index in [4.69, 9.17) is 10.5 Å². The number of sulfonamides is 1. The number of rotatable bonds is 3. The van der Waals surface area contributed by atoms with Crippen molar-refractivity contribution in [1.82, 2.24) is 4.72 Å². The lowest BCUT2D eigenvalue weighted by molar-refractivity contribution is 0.0774. The summed E-state index contributed by atoms with van der Waals surface area (Å²) in [5.41, 5.74) is 5.09. The molecule has 0 amide bonds. The Morgan fingerprint density at radius 1 is 1.44 bits per heavy atom. The summed E-state index contributed by atoms with van der Waals surface area (Å²) in [5, 5.41) is 0. The molecule has 0 aliphatic carbocycles. The summed E-state index contributed by atoms with van der Waals surface area (Å²) in [5.74, 6) is -0.738. The average molecular weight is 274 g/mol. The van der Waals surface area contributed by atoms with Gasteiger partial charge in [-0.2, -0.15) is 0 Å². The van der Waals surface area contributed by atoms with Gasteiger partial charge >= 0.3 is 0 Å². The number of ether oxygens (including phenoxy) is 1. The van der Waals surface area contributed by atoms with Crippen molar-refractivity contribution in [2.24, 2.45) is 0 Å². The quantitative estimate of drug-likeness (QED) is 0.801. The van der Waals surface area contributed by atoms with Crippen molar-refractivity contribution in [3.63, 3.8) is 0 Å². The number of nitrogens with one attached hydrogen (secondary N) is 1. The molecule has 0 bridgehead atoms. The van der Waals surface area contributed by atoms with E-state index in [9.17, 15) is 12.8 Å². The van der Waals surface area contributed by atoms with Crippen molar-refractivity contribution in [2.45, 2.75) is 23.8 Å². The summed E-state index contributed by atoms with van der Waals surface area (Å²) in [6.07, 6.45) is 1.50. The molecule has 1 aliphatic heterocycles. The molecule has 5 nitrogen and oxygen atoms in total. The fourth-order valence-corrected chi connectivity index (χ4v) is 3.26. The van der Waals surface area contributed by atoms with Gasteiger partial charge in [0, 0.05) is 12.6 Å². The van der Waals surface area contributed by atoms with Gasteiger partial charge in [0.05, 0.1) is 12.3 Å². The zero-order chi connectivity index (χ0) is 13.2. The van der Waals surface area contributed by atoms with Crippen molar-refractivity contribution >= 4 is 15.7 Å². The van der Waals surface area contributed by atoms with E-state index in [1.807, 2.05) is 0 Å². The standard InChI is InChI=1S/C11H15FN2O3S/c12-9-4-1-5-10(11(9)13)18(15,16)14-8-3-2-6-17-7-8/h1,4-5,8,14H,2-3,6-7,13H2. The van der Waals surface area contributed by atoms with E-state index in [2.05, 4.69) is 4.72 Å². The van der Waals surface area contributed by atoms with Crippen molar-refractivity contribution in [3.05, 3.63) is 24.0 Å². The topological polar surface area (TPSA) is 81.4 Å². The first-order chi connectivity index (χ1) is 8.50. The number of hydrogen-bond acceptors (Lipinski definition) is 4. The summed E-state index contributed by atoms with van der Waals surface area (Å²) >= 11 is 0. The zero-order valence-electron chi connectivity index (χ0n) is 9.73. The number of halogens is 1. The minimum Gasteiger partial charge on any atom is -0.395 e. The molecule has 1 aliphatic rings. The largest absolute Gasteiger partial charge is 0.395 e. The van der Waals surface area contributed by atoms with Crippen LogP contribution in [0.1, 0.15) is 12.8 Å². The molecule has 100 valence electrons. The van der Waals surface area contributed by atoms with E-state index in [0.29, 0.717) is 19.6 Å². The van der Waals surface area contributed by atoms with Crippen molar-refractivity contribution < 1.29 is 17.5 Å². The molecule has 7 heteroatoms. The van der Waals surface area contributed by atoms with Crippen LogP contribution in [0.4, 0.5) is 10.1 Å². The van der Waals surface area contributed by atoms with Crippen molar-refractivity contribution in [3.8, 4) is 0 Å². The molecular weight excluding hydrogens is 259 g/mol. The first-order valence-electron chi connectivity index (χ1n) is 5.65. The lowest BCUT2D eigenvalue weighted by Gasteiger charge is -2.23. The highest BCUT2D eigenvalue weighted by atomic mass is 32.2. The predicted octanol–water partition coefficient (Wildman–Crippen LogP) is 0.865. The molecule has 0 aromatic heterocycles. The Balaban J connectivity index is 2.22. The third-order valence-corrected chi connectivity index (χ3v) is 4.36. The second-order valence-electron chi connectivity index (χ2n) is 4.19. The highest BCUT2D eigenvalue weighted by Crippen LogP contribution is 2.21. The Morgan fingerprint density at radius 3 is 2.89 bits per heavy atom. The lowest BCUT2D eigenvalue weighted by Crippen LogP contribution is -2.40. The monoisotopic (exact) mass is 274 g/mol. The van der Waals surface area contributed by atoms with Crippen molar-refractivity contribution in [1.29, 1.82) is 0 Å². The fourth-order valence-electron chi connectivity index (χ4n) is 1.87. The van der Waals surface area contributed by atoms with Crippen LogP contribution in [-0.2, 0) is 14.8 Å². The van der Waals surface area contributed by atoms with Crippen molar-refractivity contribution in [2.75, 3.05) is 18.9 Å². The number of anilines is 1. The number of nitrogen functional groups attached to an aromatic ring is 1. The highest BCUT2D eigenvalue weighted by molar-refractivity contribution is 7.89. The molecule has 1 fully saturated rings. The predicted molar refractivity (Wildman–Crippen MR) is 65.0 cm³/mol. The van der Waals surface area contributed by atoms with Crippen LogP contribution in [-0.4, -0.2) is 27.7 Å². The van der Waals surface area contributed by atoms with Gasteiger partial charge in [-0.1, -0.05) is 6.07 Å². The van der Waals surface area contributed by atoms with Gasteiger partial charge in [-0.3, -0.25) is 0 Å². The maximum absolute atomic E-state index is 13.2. The number of benzene rings is 1. The summed E-state index contributed by atoms with van der Waals surface area (Å²) in [7, 11) is -3.81. The zero-order valence-corrected chi connectivity index (χ0v) is 10.5. The molecule has 0 spiro atoms. The molecule has 1 saturated heterocycles. The van der Waals surface area contributed by atoms with E-state index in [1.165, 1.54) is 12.1 Å². The van der Waals surface area contributed by atoms with E-state index < -0.39 is 15.8 Å². The minimum atomic E-state index is -3.81. The van der Waals surface area contributed by atoms with E-state index in [-0.39, 0.29) is 16.6 Å². The molecule has 3 N–H and O–H groups in total. The molecule has 1 heterocycles. The van der Waals surface area contributed by atoms with Gasteiger partial charge in [0.25, 0.3) is 0 Å². The molecule has 1 aromatic rings. The van der Waals surface area contributed by atoms with Gasteiger partial charge in [-0.05, 0) is 25.0 Å². The van der Waals surface area contributed by atoms with E-state index >= 15 is 0 Å².